The maximum absolute atomic E-state index is 13.3. The molecule has 1 N–H and O–H groups in total. The van der Waals surface area contributed by atoms with Crippen molar-refractivity contribution >= 4 is 6.08 Å². The summed E-state index contributed by atoms with van der Waals surface area (Å²) in [5.74, 6) is -0.270. The molecular weight excluding hydrogens is 303 g/mol. The molecule has 1 heterocycles. The summed E-state index contributed by atoms with van der Waals surface area (Å²) >= 11 is 0. The van der Waals surface area contributed by atoms with Gasteiger partial charge in [0.25, 0.3) is 0 Å². The van der Waals surface area contributed by atoms with Gasteiger partial charge in [0.1, 0.15) is 5.82 Å². The summed E-state index contributed by atoms with van der Waals surface area (Å²) in [6.45, 7) is -0.0278. The molecule has 1 aromatic heterocycles. The lowest BCUT2D eigenvalue weighted by Crippen LogP contribution is -2.03. The number of halogens is 1. The second-order valence-electron chi connectivity index (χ2n) is 5.84. The van der Waals surface area contributed by atoms with Crippen molar-refractivity contribution in [3.63, 3.8) is 0 Å². The monoisotopic (exact) mass is 320 g/mol. The van der Waals surface area contributed by atoms with E-state index in [1.165, 1.54) is 23.3 Å². The molecule has 1 aliphatic rings. The van der Waals surface area contributed by atoms with E-state index in [1.807, 2.05) is 22.9 Å². The first-order chi connectivity index (χ1) is 11.8. The highest BCUT2D eigenvalue weighted by atomic mass is 19.1. The Balaban J connectivity index is 1.93. The third-order valence-electron chi connectivity index (χ3n) is 4.39. The fourth-order valence-corrected chi connectivity index (χ4v) is 3.27. The first-order valence-electron chi connectivity index (χ1n) is 8.01. The first kappa shape index (κ1) is 14.8. The van der Waals surface area contributed by atoms with Gasteiger partial charge < -0.3 is 5.11 Å². The molecule has 0 amide bonds. The van der Waals surface area contributed by atoms with Gasteiger partial charge >= 0.3 is 0 Å². The first-order valence-corrected chi connectivity index (χ1v) is 8.01. The molecule has 3 aromatic rings. The molecule has 120 valence electrons. The largest absolute Gasteiger partial charge is 0.392 e. The molecule has 0 fully saturated rings. The van der Waals surface area contributed by atoms with Crippen molar-refractivity contribution in [2.24, 2.45) is 0 Å². The molecule has 3 nitrogen and oxygen atoms in total. The Hall–Kier alpha value is -2.72. The molecule has 0 saturated heterocycles. The highest BCUT2D eigenvalue weighted by molar-refractivity contribution is 5.74. The molecule has 0 atom stereocenters. The summed E-state index contributed by atoms with van der Waals surface area (Å²) in [5.41, 5.74) is 6.34. The molecule has 2 aromatic carbocycles. The van der Waals surface area contributed by atoms with Gasteiger partial charge in [0.2, 0.25) is 0 Å². The van der Waals surface area contributed by atoms with Crippen LogP contribution in [0.25, 0.3) is 23.0 Å². The Morgan fingerprint density at radius 2 is 1.88 bits per heavy atom. The lowest BCUT2D eigenvalue weighted by atomic mass is 9.89. The fourth-order valence-electron chi connectivity index (χ4n) is 3.27. The van der Waals surface area contributed by atoms with Crippen LogP contribution in [-0.2, 0) is 12.8 Å². The average Bonchev–Trinajstić information content (AvgIpc) is 2.99. The Morgan fingerprint density at radius 1 is 1.08 bits per heavy atom. The number of fused-ring (bicyclic) bond motifs is 3. The average molecular weight is 320 g/mol. The van der Waals surface area contributed by atoms with E-state index in [-0.39, 0.29) is 12.4 Å². The number of aliphatic hydroxyl groups is 1. The molecule has 0 radical (unpaired) electrons. The van der Waals surface area contributed by atoms with Crippen molar-refractivity contribution in [1.82, 2.24) is 9.78 Å². The van der Waals surface area contributed by atoms with Crippen molar-refractivity contribution in [3.8, 4) is 16.9 Å². The zero-order valence-corrected chi connectivity index (χ0v) is 13.1. The summed E-state index contributed by atoms with van der Waals surface area (Å²) < 4.78 is 15.1. The molecule has 1 aliphatic carbocycles. The summed E-state index contributed by atoms with van der Waals surface area (Å²) in [7, 11) is 0. The second-order valence-corrected chi connectivity index (χ2v) is 5.84. The molecule has 0 saturated carbocycles. The van der Waals surface area contributed by atoms with Crippen LogP contribution in [-0.4, -0.2) is 21.5 Å². The van der Waals surface area contributed by atoms with Crippen LogP contribution in [0.3, 0.4) is 0 Å². The van der Waals surface area contributed by atoms with Crippen molar-refractivity contribution in [3.05, 3.63) is 77.2 Å². The number of nitrogens with zero attached hydrogens (tertiary/aromatic N) is 2. The highest BCUT2D eigenvalue weighted by Gasteiger charge is 2.23. The van der Waals surface area contributed by atoms with Crippen LogP contribution >= 0.6 is 0 Å². The van der Waals surface area contributed by atoms with Crippen molar-refractivity contribution in [1.29, 1.82) is 0 Å². The van der Waals surface area contributed by atoms with E-state index in [1.54, 1.807) is 18.2 Å². The van der Waals surface area contributed by atoms with E-state index in [0.717, 1.165) is 35.5 Å². The lowest BCUT2D eigenvalue weighted by molar-refractivity contribution is 0.343. The minimum absolute atomic E-state index is 0.0278. The zero-order chi connectivity index (χ0) is 16.5. The zero-order valence-electron chi connectivity index (χ0n) is 13.1. The maximum atomic E-state index is 13.3. The van der Waals surface area contributed by atoms with Crippen LogP contribution in [0.2, 0.25) is 0 Å². The number of aryl methyl sites for hydroxylation is 1. The van der Waals surface area contributed by atoms with E-state index in [4.69, 9.17) is 10.2 Å². The van der Waals surface area contributed by atoms with E-state index in [9.17, 15) is 4.39 Å². The predicted molar refractivity (Wildman–Crippen MR) is 92.5 cm³/mol. The number of rotatable bonds is 3. The quantitative estimate of drug-likeness (QED) is 0.797. The number of hydrogen-bond donors (Lipinski definition) is 1. The van der Waals surface area contributed by atoms with Gasteiger partial charge in [-0.15, -0.1) is 0 Å². The molecule has 4 heteroatoms. The predicted octanol–water partition coefficient (Wildman–Crippen LogP) is 3.78. The molecule has 0 spiro atoms. The van der Waals surface area contributed by atoms with Crippen LogP contribution in [0.4, 0.5) is 4.39 Å². The van der Waals surface area contributed by atoms with E-state index in [0.29, 0.717) is 0 Å². The van der Waals surface area contributed by atoms with E-state index >= 15 is 0 Å². The SMILES string of the molecule is OC/C=C/c1c2c(nn1-c1ccc(F)cc1)-c1ccccc1CC2. The van der Waals surface area contributed by atoms with Crippen molar-refractivity contribution in [2.45, 2.75) is 12.8 Å². The van der Waals surface area contributed by atoms with Gasteiger partial charge in [-0.2, -0.15) is 5.10 Å². The minimum Gasteiger partial charge on any atom is -0.392 e. The summed E-state index contributed by atoms with van der Waals surface area (Å²) in [6.07, 6.45) is 5.47. The Bertz CT molecular complexity index is 910. The molecular formula is C20H17FN2O. The molecule has 0 bridgehead atoms. The number of hydrogen-bond acceptors (Lipinski definition) is 2. The van der Waals surface area contributed by atoms with Crippen LogP contribution in [0.5, 0.6) is 0 Å². The Morgan fingerprint density at radius 3 is 2.67 bits per heavy atom. The normalized spacial score (nSPS) is 13.1. The smallest absolute Gasteiger partial charge is 0.123 e. The summed E-state index contributed by atoms with van der Waals surface area (Å²) in [4.78, 5) is 0. The van der Waals surface area contributed by atoms with Gasteiger partial charge in [-0.25, -0.2) is 9.07 Å². The van der Waals surface area contributed by atoms with Gasteiger partial charge in [-0.3, -0.25) is 0 Å². The van der Waals surface area contributed by atoms with Gasteiger partial charge in [0, 0.05) is 11.1 Å². The molecule has 0 aliphatic heterocycles. The number of aromatic nitrogens is 2. The molecule has 4 rings (SSSR count). The van der Waals surface area contributed by atoms with Crippen molar-refractivity contribution < 1.29 is 9.50 Å². The number of benzene rings is 2. The van der Waals surface area contributed by atoms with Crippen molar-refractivity contribution in [2.75, 3.05) is 6.61 Å². The topological polar surface area (TPSA) is 38.1 Å². The minimum atomic E-state index is -0.270. The second kappa shape index (κ2) is 6.06. The van der Waals surface area contributed by atoms with E-state index < -0.39 is 0 Å². The summed E-state index contributed by atoms with van der Waals surface area (Å²) in [5, 5.41) is 14.0. The fraction of sp³-hybridized carbons (Fsp3) is 0.150. The Kier molecular flexibility index (Phi) is 3.75. The van der Waals surface area contributed by atoms with Gasteiger partial charge in [-0.1, -0.05) is 30.3 Å². The van der Waals surface area contributed by atoms with Gasteiger partial charge in [0.15, 0.2) is 0 Å². The van der Waals surface area contributed by atoms with Crippen LogP contribution in [0, 0.1) is 5.82 Å². The molecule has 0 unspecified atom stereocenters. The highest BCUT2D eigenvalue weighted by Crippen LogP contribution is 2.35. The number of aliphatic hydroxyl groups excluding tert-OH is 1. The van der Waals surface area contributed by atoms with Gasteiger partial charge in [0.05, 0.1) is 23.7 Å². The van der Waals surface area contributed by atoms with Crippen LogP contribution in [0.15, 0.2) is 54.6 Å². The van der Waals surface area contributed by atoms with E-state index in [2.05, 4.69) is 12.1 Å². The van der Waals surface area contributed by atoms with Gasteiger partial charge in [-0.05, 0) is 48.7 Å². The molecule has 24 heavy (non-hydrogen) atoms. The third-order valence-corrected chi connectivity index (χ3v) is 4.39. The van der Waals surface area contributed by atoms with Crippen LogP contribution < -0.4 is 0 Å². The van der Waals surface area contributed by atoms with Crippen LogP contribution in [0.1, 0.15) is 16.8 Å². The standard InChI is InChI=1S/C20H17FN2O/c21-15-8-10-16(11-9-15)23-19(6-3-13-24)18-12-7-14-4-1-2-5-17(14)20(18)22-23/h1-6,8-11,24H,7,12-13H2/b6-3+. The maximum Gasteiger partial charge on any atom is 0.123 e. The summed E-state index contributed by atoms with van der Waals surface area (Å²) in [6, 6.07) is 14.6. The third kappa shape index (κ3) is 2.45. The Labute approximate surface area is 139 Å². The lowest BCUT2D eigenvalue weighted by Gasteiger charge is -2.15.